The van der Waals surface area contributed by atoms with E-state index in [0.717, 1.165) is 18.2 Å². The zero-order valence-corrected chi connectivity index (χ0v) is 22.9. The number of benzene rings is 2. The fourth-order valence-corrected chi connectivity index (χ4v) is 5.72. The number of nitrogens with zero attached hydrogens (tertiary/aromatic N) is 3. The molecule has 0 aromatic heterocycles. The Kier molecular flexibility index (Phi) is 3.85. The zero-order chi connectivity index (χ0) is 40.8. The lowest BCUT2D eigenvalue weighted by Crippen LogP contribution is -2.38. The molecule has 5 aliphatic rings. The van der Waals surface area contributed by atoms with Crippen LogP contribution in [0.5, 0.6) is 0 Å². The predicted octanol–water partition coefficient (Wildman–Crippen LogP) is 2.93. The summed E-state index contributed by atoms with van der Waals surface area (Å²) in [6, 6.07) is 7.47. The molecule has 2 aromatic rings. The third-order valence-corrected chi connectivity index (χ3v) is 8.00. The lowest BCUT2D eigenvalue weighted by atomic mass is 9.64. The number of hydrogen-bond donors (Lipinski definition) is 0. The van der Waals surface area contributed by atoms with E-state index in [9.17, 15) is 24.3 Å². The minimum Gasteiger partial charge on any atom is -0.545 e. The SMILES string of the molecule is [2H]C1([2H])N(c2ccc3c(c2)C(C)(C)C2=CC(=[N+]4C([2H])([2H])C([2H])([2H])C4([2H])[2H])C=CC2=C3c2cc(C(=O)ON3C(=O)CCC3=O)ccc2C(=O)[O-])C([2H])([2H])C1([2H])[2H]. The average molecular weight is 590 g/mol. The summed E-state index contributed by atoms with van der Waals surface area (Å²) in [5, 5.41) is 13.0. The maximum atomic E-state index is 13.3. The van der Waals surface area contributed by atoms with Crippen molar-refractivity contribution >= 4 is 40.7 Å². The highest BCUT2D eigenvalue weighted by molar-refractivity contribution is 6.09. The third-order valence-electron chi connectivity index (χ3n) is 8.00. The molecule has 0 unspecified atom stereocenters. The van der Waals surface area contributed by atoms with Gasteiger partial charge in [0, 0.05) is 65.6 Å². The second kappa shape index (κ2) is 9.90. The summed E-state index contributed by atoms with van der Waals surface area (Å²) in [6.45, 7) is -7.87. The largest absolute Gasteiger partial charge is 0.545 e. The average Bonchev–Trinajstić information content (AvgIpc) is 3.40. The van der Waals surface area contributed by atoms with Crippen LogP contribution >= 0.6 is 0 Å². The fraction of sp³-hybridized carbons (Fsp3) is 0.324. The van der Waals surface area contributed by atoms with Gasteiger partial charge in [-0.2, -0.15) is 0 Å². The van der Waals surface area contributed by atoms with E-state index in [2.05, 4.69) is 0 Å². The van der Waals surface area contributed by atoms with Crippen LogP contribution in [0.15, 0.2) is 65.8 Å². The normalized spacial score (nSPS) is 31.5. The molecule has 0 atom stereocenters. The van der Waals surface area contributed by atoms with E-state index in [-0.39, 0.29) is 40.9 Å². The van der Waals surface area contributed by atoms with Crippen molar-refractivity contribution in [3.63, 3.8) is 0 Å². The van der Waals surface area contributed by atoms with Crippen LogP contribution in [0.25, 0.3) is 5.57 Å². The Bertz CT molecular complexity index is 2260. The second-order valence-corrected chi connectivity index (χ2v) is 10.8. The second-order valence-electron chi connectivity index (χ2n) is 10.8. The maximum absolute atomic E-state index is 13.3. The molecule has 3 saturated heterocycles. The molecule has 0 spiro atoms. The molecule has 2 amide bonds. The summed E-state index contributed by atoms with van der Waals surface area (Å²) >= 11 is 0. The molecule has 3 heterocycles. The Labute approximate surface area is 265 Å². The number of anilines is 1. The molecule has 9 nitrogen and oxygen atoms in total. The van der Waals surface area contributed by atoms with E-state index in [1.807, 2.05) is 0 Å². The quantitative estimate of drug-likeness (QED) is 0.390. The topological polar surface area (TPSA) is 110 Å². The standard InChI is InChI=1S/C34H31N3O6/c1-34(2)27-18-21(35-13-3-14-35)6-9-24(27)31(25-10-7-22(19-28(25)34)36-15-4-16-36)26-17-20(5-8-23(26)32(40)41)33(42)43-37-29(38)11-12-30(37)39/h5-10,17-19H,3-4,11-16H2,1-2H3/i3D2,4D2,13D2,14D2,15D2,16D2. The number of rotatable bonds is 5. The number of aromatic carboxylic acids is 1. The van der Waals surface area contributed by atoms with Crippen LogP contribution in [-0.4, -0.2) is 65.1 Å². The molecule has 0 saturated carbocycles. The van der Waals surface area contributed by atoms with Gasteiger partial charge in [-0.25, -0.2) is 9.37 Å². The molecular formula is C34H31N3O6. The summed E-state index contributed by atoms with van der Waals surface area (Å²) in [7, 11) is 0. The smallest absolute Gasteiger partial charge is 0.363 e. The zero-order valence-electron chi connectivity index (χ0n) is 34.9. The van der Waals surface area contributed by atoms with E-state index in [1.54, 1.807) is 13.8 Å². The van der Waals surface area contributed by atoms with E-state index in [0.29, 0.717) is 36.8 Å². The minimum absolute atomic E-state index is 0.0862. The number of hydrogen-bond acceptors (Lipinski definition) is 7. The van der Waals surface area contributed by atoms with Crippen molar-refractivity contribution in [3.8, 4) is 0 Å². The molecule has 43 heavy (non-hydrogen) atoms. The molecule has 218 valence electrons. The molecule has 0 bridgehead atoms. The van der Waals surface area contributed by atoms with Gasteiger partial charge in [-0.05, 0) is 70.1 Å². The van der Waals surface area contributed by atoms with Crippen LogP contribution in [0, 0.1) is 0 Å². The predicted molar refractivity (Wildman–Crippen MR) is 156 cm³/mol. The summed E-state index contributed by atoms with van der Waals surface area (Å²) in [4.78, 5) is 56.0. The van der Waals surface area contributed by atoms with Gasteiger partial charge in [0.15, 0.2) is 5.71 Å². The van der Waals surface area contributed by atoms with Crippen molar-refractivity contribution in [2.24, 2.45) is 0 Å². The van der Waals surface area contributed by atoms with Gasteiger partial charge in [0.2, 0.25) is 0 Å². The first-order valence-corrected chi connectivity index (χ1v) is 13.4. The van der Waals surface area contributed by atoms with E-state index in [1.165, 1.54) is 36.4 Å². The molecule has 2 aromatic carbocycles. The molecule has 9 heteroatoms. The Balaban J connectivity index is 1.49. The lowest BCUT2D eigenvalue weighted by molar-refractivity contribution is -0.582. The number of carboxylic acid groups (broad SMARTS) is 1. The van der Waals surface area contributed by atoms with Crippen molar-refractivity contribution in [2.45, 2.75) is 44.8 Å². The first-order chi connectivity index (χ1) is 25.2. The summed E-state index contributed by atoms with van der Waals surface area (Å²) in [5.74, 6) is -4.36. The van der Waals surface area contributed by atoms with Gasteiger partial charge in [-0.15, -0.1) is 5.06 Å². The van der Waals surface area contributed by atoms with Crippen LogP contribution in [0.2, 0.25) is 0 Å². The fourth-order valence-electron chi connectivity index (χ4n) is 5.72. The molecule has 3 fully saturated rings. The first kappa shape index (κ1) is 16.7. The van der Waals surface area contributed by atoms with Crippen molar-refractivity contribution in [2.75, 3.05) is 30.9 Å². The van der Waals surface area contributed by atoms with Gasteiger partial charge in [-0.3, -0.25) is 9.59 Å². The van der Waals surface area contributed by atoms with Gasteiger partial charge in [0.05, 0.1) is 17.9 Å². The van der Waals surface area contributed by atoms with Gasteiger partial charge in [-0.1, -0.05) is 26.0 Å². The maximum Gasteiger partial charge on any atom is 0.363 e. The first-order valence-electron chi connectivity index (χ1n) is 19.4. The number of carboxylic acids is 1. The van der Waals surface area contributed by atoms with Gasteiger partial charge < -0.3 is 19.6 Å². The van der Waals surface area contributed by atoms with E-state index >= 15 is 0 Å². The Morgan fingerprint density at radius 1 is 0.977 bits per heavy atom. The highest BCUT2D eigenvalue weighted by atomic mass is 16.7. The van der Waals surface area contributed by atoms with Crippen LogP contribution in [-0.2, 0) is 19.8 Å². The molecular weight excluding hydrogens is 546 g/mol. The molecule has 0 radical (unpaired) electrons. The number of carbonyl (C=O) groups is 4. The molecule has 2 aliphatic carbocycles. The van der Waals surface area contributed by atoms with Crippen LogP contribution in [0.4, 0.5) is 5.69 Å². The van der Waals surface area contributed by atoms with E-state index in [4.69, 9.17) is 21.3 Å². The van der Waals surface area contributed by atoms with Crippen LogP contribution < -0.4 is 10.0 Å². The van der Waals surface area contributed by atoms with Crippen molar-refractivity contribution in [1.29, 1.82) is 0 Å². The van der Waals surface area contributed by atoms with Crippen molar-refractivity contribution in [3.05, 3.63) is 93.6 Å². The molecule has 7 rings (SSSR count). The summed E-state index contributed by atoms with van der Waals surface area (Å²) in [6.07, 6.45) is -2.03. The minimum atomic E-state index is -2.92. The number of carbonyl (C=O) groups excluding carboxylic acids is 4. The number of fused-ring (bicyclic) bond motifs is 2. The van der Waals surface area contributed by atoms with Gasteiger partial charge in [0.1, 0.15) is 18.5 Å². The number of imide groups is 1. The Morgan fingerprint density at radius 3 is 2.44 bits per heavy atom. The third kappa shape index (κ3) is 4.33. The monoisotopic (exact) mass is 589 g/mol. The highest BCUT2D eigenvalue weighted by Crippen LogP contribution is 2.51. The van der Waals surface area contributed by atoms with Crippen molar-refractivity contribution < 1.29 is 50.1 Å². The Hall–Kier alpha value is -4.79. The number of hydroxylamine groups is 2. The van der Waals surface area contributed by atoms with Crippen molar-refractivity contribution in [1.82, 2.24) is 5.06 Å². The van der Waals surface area contributed by atoms with E-state index < -0.39 is 73.5 Å². The molecule has 3 aliphatic heterocycles. The number of allylic oxidation sites excluding steroid dienone is 5. The van der Waals surface area contributed by atoms with Gasteiger partial charge in [0.25, 0.3) is 11.8 Å². The van der Waals surface area contributed by atoms with Crippen LogP contribution in [0.3, 0.4) is 0 Å². The van der Waals surface area contributed by atoms with Crippen LogP contribution in [0.1, 0.15) is 93.3 Å². The molecule has 0 N–H and O–H groups in total. The van der Waals surface area contributed by atoms with Gasteiger partial charge >= 0.3 is 5.97 Å². The summed E-state index contributed by atoms with van der Waals surface area (Å²) < 4.78 is 100. The Morgan fingerprint density at radius 2 is 1.72 bits per heavy atom. The highest BCUT2D eigenvalue weighted by Gasteiger charge is 2.40. The summed E-state index contributed by atoms with van der Waals surface area (Å²) in [5.41, 5.74) is -0.909. The number of amides is 2. The lowest BCUT2D eigenvalue weighted by Gasteiger charge is -2.41.